The minimum absolute atomic E-state index is 0.663. The summed E-state index contributed by atoms with van der Waals surface area (Å²) < 4.78 is 11.0. The Kier molecular flexibility index (Phi) is 4.47. The third-order valence-corrected chi connectivity index (χ3v) is 8.48. The molecule has 4 heteroatoms. The summed E-state index contributed by atoms with van der Waals surface area (Å²) in [6.07, 6.45) is 9.89. The molecule has 40 heavy (non-hydrogen) atoms. The maximum absolute atomic E-state index is 6.25. The van der Waals surface area contributed by atoms with Gasteiger partial charge in [0.25, 0.3) is 0 Å². The first kappa shape index (κ1) is 21.8. The number of aromatic nitrogens is 3. The van der Waals surface area contributed by atoms with E-state index in [1.807, 2.05) is 6.20 Å². The van der Waals surface area contributed by atoms with Crippen LogP contribution >= 0.6 is 0 Å². The number of para-hydroxylation sites is 3. The van der Waals surface area contributed by atoms with Gasteiger partial charge in [0.05, 0.1) is 33.8 Å². The number of allylic oxidation sites excluding steroid dienone is 1. The average molecular weight is 516 g/mol. The Morgan fingerprint density at radius 2 is 1.30 bits per heavy atom. The van der Waals surface area contributed by atoms with E-state index in [1.54, 1.807) is 0 Å². The second-order valence-electron chi connectivity index (χ2n) is 10.7. The number of benzene rings is 4. The average Bonchev–Trinajstić information content (AvgIpc) is 3.56. The van der Waals surface area contributed by atoms with Crippen molar-refractivity contribution in [1.82, 2.24) is 14.1 Å². The molecule has 0 saturated carbocycles. The van der Waals surface area contributed by atoms with Crippen molar-refractivity contribution in [2.24, 2.45) is 0 Å². The van der Waals surface area contributed by atoms with Gasteiger partial charge in [-0.05, 0) is 61.7 Å². The molecule has 0 amide bonds. The lowest BCUT2D eigenvalue weighted by Gasteiger charge is -2.11. The second-order valence-corrected chi connectivity index (χ2v) is 10.7. The summed E-state index contributed by atoms with van der Waals surface area (Å²) in [5, 5.41) is 5.90. The number of pyridine rings is 1. The van der Waals surface area contributed by atoms with E-state index in [2.05, 4.69) is 118 Å². The molecule has 0 unspecified atom stereocenters. The zero-order valence-corrected chi connectivity index (χ0v) is 21.8. The Morgan fingerprint density at radius 1 is 0.625 bits per heavy atom. The van der Waals surface area contributed by atoms with E-state index in [9.17, 15) is 0 Å². The molecular formula is C36H25N3O. The first-order chi connectivity index (χ1) is 19.8. The predicted octanol–water partition coefficient (Wildman–Crippen LogP) is 9.37. The van der Waals surface area contributed by atoms with Crippen LogP contribution in [0.3, 0.4) is 0 Å². The monoisotopic (exact) mass is 515 g/mol. The smallest absolute Gasteiger partial charge is 0.227 e. The molecule has 4 aromatic carbocycles. The van der Waals surface area contributed by atoms with Gasteiger partial charge in [-0.15, -0.1) is 0 Å². The van der Waals surface area contributed by atoms with Crippen molar-refractivity contribution < 1.29 is 4.42 Å². The fourth-order valence-electron chi connectivity index (χ4n) is 6.73. The molecule has 0 fully saturated rings. The van der Waals surface area contributed by atoms with Gasteiger partial charge in [0, 0.05) is 38.5 Å². The molecule has 0 aliphatic heterocycles. The summed E-state index contributed by atoms with van der Waals surface area (Å²) >= 11 is 0. The van der Waals surface area contributed by atoms with Crippen LogP contribution in [0.1, 0.15) is 24.1 Å². The van der Waals surface area contributed by atoms with E-state index in [4.69, 9.17) is 9.40 Å². The SMILES string of the molecule is C1=Cc2c(n(-c3ccc4oc5ncc(-n6c7ccccc7c7ccccc76)cc5c4c3)c3ccccc23)CCC1. The minimum atomic E-state index is 0.663. The predicted molar refractivity (Wildman–Crippen MR) is 165 cm³/mol. The summed E-state index contributed by atoms with van der Waals surface area (Å²) in [4.78, 5) is 4.81. The van der Waals surface area contributed by atoms with Gasteiger partial charge in [-0.1, -0.05) is 66.7 Å². The molecule has 4 nitrogen and oxygen atoms in total. The van der Waals surface area contributed by atoms with Crippen molar-refractivity contribution in [3.05, 3.63) is 121 Å². The van der Waals surface area contributed by atoms with E-state index in [0.29, 0.717) is 5.71 Å². The summed E-state index contributed by atoms with van der Waals surface area (Å²) in [5.74, 6) is 0. The molecule has 190 valence electrons. The standard InChI is InChI=1S/C36H25N3O/c1-2-10-25-26-11-4-7-15-32(26)38(31(25)14-3-1)23-18-19-35-29(20-23)30-21-24(22-37-36(30)40-35)39-33-16-8-5-12-27(33)28-13-6-9-17-34(28)39/h2,4-13,15-22H,1,3,14H2. The van der Waals surface area contributed by atoms with E-state index < -0.39 is 0 Å². The maximum Gasteiger partial charge on any atom is 0.227 e. The third kappa shape index (κ3) is 2.99. The normalized spacial score (nSPS) is 13.6. The Labute approximate surface area is 230 Å². The number of hydrogen-bond acceptors (Lipinski definition) is 2. The Balaban J connectivity index is 1.30. The number of furan rings is 1. The van der Waals surface area contributed by atoms with Gasteiger partial charge in [0.15, 0.2) is 0 Å². The van der Waals surface area contributed by atoms with Gasteiger partial charge in [0.1, 0.15) is 5.58 Å². The van der Waals surface area contributed by atoms with Crippen LogP contribution in [0.15, 0.2) is 114 Å². The van der Waals surface area contributed by atoms with Gasteiger partial charge >= 0.3 is 0 Å². The molecule has 4 aromatic heterocycles. The van der Waals surface area contributed by atoms with Gasteiger partial charge in [0.2, 0.25) is 5.71 Å². The van der Waals surface area contributed by atoms with E-state index in [-0.39, 0.29) is 0 Å². The van der Waals surface area contributed by atoms with Gasteiger partial charge < -0.3 is 13.6 Å². The highest BCUT2D eigenvalue weighted by Crippen LogP contribution is 2.37. The number of rotatable bonds is 2. The third-order valence-electron chi connectivity index (χ3n) is 8.48. The molecule has 0 radical (unpaired) electrons. The fraction of sp³-hybridized carbons (Fsp3) is 0.0833. The molecule has 1 aliphatic rings. The quantitative estimate of drug-likeness (QED) is 0.230. The van der Waals surface area contributed by atoms with Gasteiger partial charge in [-0.25, -0.2) is 4.98 Å². The zero-order valence-electron chi connectivity index (χ0n) is 21.8. The molecule has 0 atom stereocenters. The largest absolute Gasteiger partial charge is 0.438 e. The van der Waals surface area contributed by atoms with Crippen LogP contribution < -0.4 is 0 Å². The number of fused-ring (bicyclic) bond motifs is 9. The van der Waals surface area contributed by atoms with Crippen LogP contribution in [0.2, 0.25) is 0 Å². The van der Waals surface area contributed by atoms with Crippen LogP contribution in [0, 0.1) is 0 Å². The highest BCUT2D eigenvalue weighted by atomic mass is 16.3. The lowest BCUT2D eigenvalue weighted by atomic mass is 10.1. The van der Waals surface area contributed by atoms with Crippen LogP contribution in [0.4, 0.5) is 0 Å². The first-order valence-electron chi connectivity index (χ1n) is 14.0. The topological polar surface area (TPSA) is 35.9 Å². The van der Waals surface area contributed by atoms with Gasteiger partial charge in [-0.2, -0.15) is 0 Å². The molecular weight excluding hydrogens is 490 g/mol. The van der Waals surface area contributed by atoms with Crippen molar-refractivity contribution in [1.29, 1.82) is 0 Å². The summed E-state index contributed by atoms with van der Waals surface area (Å²) in [7, 11) is 0. The van der Waals surface area contributed by atoms with E-state index >= 15 is 0 Å². The summed E-state index contributed by atoms with van der Waals surface area (Å²) in [5.41, 5.74) is 10.0. The van der Waals surface area contributed by atoms with Crippen LogP contribution in [0.5, 0.6) is 0 Å². The Hall–Kier alpha value is -5.09. The van der Waals surface area contributed by atoms with Crippen LogP contribution in [-0.4, -0.2) is 14.1 Å². The second kappa shape index (κ2) is 8.20. The summed E-state index contributed by atoms with van der Waals surface area (Å²) in [6.45, 7) is 0. The fourth-order valence-corrected chi connectivity index (χ4v) is 6.73. The molecule has 8 aromatic rings. The van der Waals surface area contributed by atoms with Crippen molar-refractivity contribution in [2.75, 3.05) is 0 Å². The van der Waals surface area contributed by atoms with Crippen molar-refractivity contribution >= 4 is 60.9 Å². The van der Waals surface area contributed by atoms with Gasteiger partial charge in [-0.3, -0.25) is 0 Å². The Bertz CT molecular complexity index is 2260. The minimum Gasteiger partial charge on any atom is -0.438 e. The van der Waals surface area contributed by atoms with Crippen molar-refractivity contribution in [3.8, 4) is 11.4 Å². The summed E-state index contributed by atoms with van der Waals surface area (Å²) in [6, 6.07) is 34.7. The first-order valence-corrected chi connectivity index (χ1v) is 14.0. The molecule has 4 heterocycles. The molecule has 9 rings (SSSR count). The highest BCUT2D eigenvalue weighted by molar-refractivity contribution is 6.10. The molecule has 0 saturated heterocycles. The molecule has 0 spiro atoms. The highest BCUT2D eigenvalue weighted by Gasteiger charge is 2.20. The molecule has 1 aliphatic carbocycles. The van der Waals surface area contributed by atoms with Crippen LogP contribution in [0.25, 0.3) is 72.2 Å². The van der Waals surface area contributed by atoms with Crippen LogP contribution in [-0.2, 0) is 6.42 Å². The number of nitrogens with zero attached hydrogens (tertiary/aromatic N) is 3. The maximum atomic E-state index is 6.25. The van der Waals surface area contributed by atoms with Crippen molar-refractivity contribution in [2.45, 2.75) is 19.3 Å². The van der Waals surface area contributed by atoms with E-state index in [1.165, 1.54) is 44.0 Å². The zero-order chi connectivity index (χ0) is 26.2. The molecule has 0 bridgehead atoms. The Morgan fingerprint density at radius 3 is 2.08 bits per heavy atom. The van der Waals surface area contributed by atoms with E-state index in [0.717, 1.165) is 47.0 Å². The van der Waals surface area contributed by atoms with Crippen molar-refractivity contribution in [3.63, 3.8) is 0 Å². The lowest BCUT2D eigenvalue weighted by molar-refractivity contribution is 0.654. The number of hydrogen-bond donors (Lipinski definition) is 0. The lowest BCUT2D eigenvalue weighted by Crippen LogP contribution is -2.00. The molecule has 0 N–H and O–H groups in total.